The van der Waals surface area contributed by atoms with Crippen LogP contribution in [0.25, 0.3) is 11.1 Å². The average molecular weight is 330 g/mol. The molecule has 0 fully saturated rings. The van der Waals surface area contributed by atoms with Crippen LogP contribution in [0, 0.1) is 20.8 Å². The molecule has 2 N–H and O–H groups in total. The van der Waals surface area contributed by atoms with Crippen LogP contribution in [0.15, 0.2) is 27.7 Å². The second-order valence-electron chi connectivity index (χ2n) is 5.74. The molecule has 1 aliphatic heterocycles. The van der Waals surface area contributed by atoms with Gasteiger partial charge in [0.25, 0.3) is 0 Å². The molecule has 0 saturated heterocycles. The number of likely N-dealkylation sites (N-methyl/N-ethyl adjacent to an activating group) is 1. The van der Waals surface area contributed by atoms with Crippen molar-refractivity contribution in [2.24, 2.45) is 10.7 Å². The SMILES string of the molecule is CCN(c1cc(-c2c(C)noc2C)ccc1C)C1CN=C(N)S1. The van der Waals surface area contributed by atoms with Gasteiger partial charge in [0, 0.05) is 17.8 Å². The summed E-state index contributed by atoms with van der Waals surface area (Å²) in [5, 5.41) is 5.01. The Morgan fingerprint density at radius 1 is 1.35 bits per heavy atom. The van der Waals surface area contributed by atoms with Crippen molar-refractivity contribution < 1.29 is 4.52 Å². The first-order valence-corrected chi connectivity index (χ1v) is 8.66. The molecule has 0 saturated carbocycles. The molecule has 1 unspecified atom stereocenters. The van der Waals surface area contributed by atoms with E-state index in [9.17, 15) is 0 Å². The van der Waals surface area contributed by atoms with E-state index in [-0.39, 0.29) is 5.37 Å². The van der Waals surface area contributed by atoms with E-state index in [0.717, 1.165) is 35.7 Å². The van der Waals surface area contributed by atoms with Crippen LogP contribution in [-0.2, 0) is 0 Å². The molecule has 6 heteroatoms. The highest BCUT2D eigenvalue weighted by molar-refractivity contribution is 8.14. The zero-order chi connectivity index (χ0) is 16.6. The lowest BCUT2D eigenvalue weighted by molar-refractivity contribution is 0.393. The molecule has 122 valence electrons. The lowest BCUT2D eigenvalue weighted by atomic mass is 10.0. The van der Waals surface area contributed by atoms with E-state index in [1.807, 2.05) is 13.8 Å². The maximum atomic E-state index is 5.85. The summed E-state index contributed by atoms with van der Waals surface area (Å²) in [6.45, 7) is 9.87. The minimum atomic E-state index is 0.263. The van der Waals surface area contributed by atoms with Crippen LogP contribution in [0.1, 0.15) is 23.9 Å². The summed E-state index contributed by atoms with van der Waals surface area (Å²) in [6.07, 6.45) is 0. The summed E-state index contributed by atoms with van der Waals surface area (Å²) in [5.41, 5.74) is 11.4. The molecular weight excluding hydrogens is 308 g/mol. The first-order valence-electron chi connectivity index (χ1n) is 7.78. The Balaban J connectivity index is 2.00. The van der Waals surface area contributed by atoms with Crippen LogP contribution in [-0.4, -0.2) is 28.8 Å². The Labute approximate surface area is 140 Å². The molecule has 1 atom stereocenters. The van der Waals surface area contributed by atoms with Gasteiger partial charge in [-0.05, 0) is 44.9 Å². The highest BCUT2D eigenvalue weighted by Crippen LogP contribution is 2.35. The maximum Gasteiger partial charge on any atom is 0.156 e. The Morgan fingerprint density at radius 2 is 2.13 bits per heavy atom. The van der Waals surface area contributed by atoms with Gasteiger partial charge in [-0.15, -0.1) is 0 Å². The van der Waals surface area contributed by atoms with E-state index in [2.05, 4.69) is 47.1 Å². The van der Waals surface area contributed by atoms with Gasteiger partial charge < -0.3 is 15.2 Å². The number of rotatable bonds is 4. The smallest absolute Gasteiger partial charge is 0.156 e. The summed E-state index contributed by atoms with van der Waals surface area (Å²) in [5.74, 6) is 0.850. The van der Waals surface area contributed by atoms with Crippen LogP contribution < -0.4 is 10.6 Å². The van der Waals surface area contributed by atoms with E-state index >= 15 is 0 Å². The number of aryl methyl sites for hydroxylation is 3. The van der Waals surface area contributed by atoms with Crippen molar-refractivity contribution in [3.63, 3.8) is 0 Å². The number of aromatic nitrogens is 1. The summed E-state index contributed by atoms with van der Waals surface area (Å²) in [4.78, 5) is 6.70. The van der Waals surface area contributed by atoms with Crippen LogP contribution in [0.3, 0.4) is 0 Å². The predicted molar refractivity (Wildman–Crippen MR) is 97.0 cm³/mol. The zero-order valence-corrected chi connectivity index (χ0v) is 14.8. The zero-order valence-electron chi connectivity index (χ0n) is 14.0. The third-order valence-corrected chi connectivity index (χ3v) is 5.24. The highest BCUT2D eigenvalue weighted by atomic mass is 32.2. The van der Waals surface area contributed by atoms with E-state index in [4.69, 9.17) is 10.3 Å². The molecule has 2 aromatic rings. The van der Waals surface area contributed by atoms with Crippen molar-refractivity contribution in [2.75, 3.05) is 18.0 Å². The summed E-state index contributed by atoms with van der Waals surface area (Å²) in [7, 11) is 0. The topological polar surface area (TPSA) is 67.7 Å². The lowest BCUT2D eigenvalue weighted by Gasteiger charge is -2.30. The molecule has 0 bridgehead atoms. The van der Waals surface area contributed by atoms with Gasteiger partial charge >= 0.3 is 0 Å². The van der Waals surface area contributed by atoms with Crippen LogP contribution in [0.4, 0.5) is 5.69 Å². The molecule has 0 amide bonds. The molecule has 0 radical (unpaired) electrons. The van der Waals surface area contributed by atoms with E-state index < -0.39 is 0 Å². The fourth-order valence-electron chi connectivity index (χ4n) is 3.04. The average Bonchev–Trinajstić information content (AvgIpc) is 3.09. The minimum absolute atomic E-state index is 0.263. The number of nitrogens with two attached hydrogens (primary N) is 1. The Bertz CT molecular complexity index is 734. The summed E-state index contributed by atoms with van der Waals surface area (Å²) >= 11 is 1.63. The molecule has 5 nitrogen and oxygen atoms in total. The number of amidine groups is 1. The Kier molecular flexibility index (Phi) is 4.35. The number of benzene rings is 1. The summed E-state index contributed by atoms with van der Waals surface area (Å²) < 4.78 is 5.32. The van der Waals surface area contributed by atoms with Crippen molar-refractivity contribution in [3.8, 4) is 11.1 Å². The predicted octanol–water partition coefficient (Wildman–Crippen LogP) is 3.48. The Morgan fingerprint density at radius 3 is 2.70 bits per heavy atom. The highest BCUT2D eigenvalue weighted by Gasteiger charge is 2.25. The molecular formula is C17H22N4OS. The number of aliphatic imine (C=N–C) groups is 1. The van der Waals surface area contributed by atoms with Gasteiger partial charge in [-0.2, -0.15) is 0 Å². The standard InChI is InChI=1S/C17H22N4OS/c1-5-21(15-9-19-17(18)23-15)14-8-13(7-6-10(14)2)16-11(3)20-22-12(16)4/h6-8,15H,5,9H2,1-4H3,(H2,18,19). The first-order chi connectivity index (χ1) is 11.0. The van der Waals surface area contributed by atoms with Gasteiger partial charge in [0.2, 0.25) is 0 Å². The quantitative estimate of drug-likeness (QED) is 0.929. The second kappa shape index (κ2) is 6.28. The van der Waals surface area contributed by atoms with Crippen molar-refractivity contribution in [2.45, 2.75) is 33.1 Å². The first kappa shape index (κ1) is 15.9. The fourth-order valence-corrected chi connectivity index (χ4v) is 4.01. The van der Waals surface area contributed by atoms with Crippen molar-refractivity contribution in [1.82, 2.24) is 5.16 Å². The van der Waals surface area contributed by atoms with Gasteiger partial charge in [-0.1, -0.05) is 29.1 Å². The molecule has 0 spiro atoms. The van der Waals surface area contributed by atoms with Crippen molar-refractivity contribution in [3.05, 3.63) is 35.2 Å². The van der Waals surface area contributed by atoms with Gasteiger partial charge in [-0.3, -0.25) is 4.99 Å². The van der Waals surface area contributed by atoms with Crippen LogP contribution in [0.2, 0.25) is 0 Å². The van der Waals surface area contributed by atoms with Gasteiger partial charge in [0.15, 0.2) is 5.17 Å². The second-order valence-corrected chi connectivity index (χ2v) is 6.94. The minimum Gasteiger partial charge on any atom is -0.378 e. The van der Waals surface area contributed by atoms with Crippen molar-refractivity contribution >= 4 is 22.6 Å². The van der Waals surface area contributed by atoms with E-state index in [0.29, 0.717) is 5.17 Å². The molecule has 1 aromatic heterocycles. The van der Waals surface area contributed by atoms with E-state index in [1.54, 1.807) is 11.8 Å². The van der Waals surface area contributed by atoms with Crippen LogP contribution >= 0.6 is 11.8 Å². The number of thioether (sulfide) groups is 1. The molecule has 3 rings (SSSR count). The third kappa shape index (κ3) is 2.95. The molecule has 1 aromatic carbocycles. The number of anilines is 1. The number of nitrogens with zero attached hydrogens (tertiary/aromatic N) is 3. The monoisotopic (exact) mass is 330 g/mol. The normalized spacial score (nSPS) is 17.4. The van der Waals surface area contributed by atoms with Gasteiger partial charge in [0.1, 0.15) is 11.1 Å². The van der Waals surface area contributed by atoms with E-state index in [1.165, 1.54) is 11.3 Å². The largest absolute Gasteiger partial charge is 0.378 e. The maximum absolute atomic E-state index is 5.85. The third-order valence-electron chi connectivity index (χ3n) is 4.19. The molecule has 2 heterocycles. The summed E-state index contributed by atoms with van der Waals surface area (Å²) in [6, 6.07) is 6.51. The van der Waals surface area contributed by atoms with Gasteiger partial charge in [0.05, 0.1) is 12.2 Å². The molecule has 23 heavy (non-hydrogen) atoms. The fraction of sp³-hybridized carbons (Fsp3) is 0.412. The lowest BCUT2D eigenvalue weighted by Crippen LogP contribution is -2.34. The van der Waals surface area contributed by atoms with Crippen LogP contribution in [0.5, 0.6) is 0 Å². The van der Waals surface area contributed by atoms with Gasteiger partial charge in [-0.25, -0.2) is 0 Å². The number of hydrogen-bond donors (Lipinski definition) is 1. The number of hydrogen-bond acceptors (Lipinski definition) is 6. The Hall–Kier alpha value is -1.95. The molecule has 1 aliphatic rings. The van der Waals surface area contributed by atoms with Crippen molar-refractivity contribution in [1.29, 1.82) is 0 Å². The molecule has 0 aliphatic carbocycles.